The van der Waals surface area contributed by atoms with E-state index in [0.717, 1.165) is 29.6 Å². The minimum atomic E-state index is -0.0355. The third-order valence-corrected chi connectivity index (χ3v) is 4.05. The summed E-state index contributed by atoms with van der Waals surface area (Å²) in [5.74, 6) is 0.659. The number of rotatable bonds is 3. The van der Waals surface area contributed by atoms with Crippen molar-refractivity contribution in [1.29, 1.82) is 0 Å². The summed E-state index contributed by atoms with van der Waals surface area (Å²) in [6.07, 6.45) is 5.82. The van der Waals surface area contributed by atoms with E-state index in [1.807, 2.05) is 19.2 Å². The molecule has 2 heterocycles. The maximum atomic E-state index is 12.3. The molecule has 0 aromatic carbocycles. The molecule has 0 atom stereocenters. The Balaban J connectivity index is 0.00000192. The molecule has 1 fully saturated rings. The molecule has 0 radical (unpaired) electrons. The van der Waals surface area contributed by atoms with Gasteiger partial charge < -0.3 is 0 Å². The number of carbonyl (C=O) groups excluding carboxylic acids is 1. The van der Waals surface area contributed by atoms with Gasteiger partial charge in [-0.25, -0.2) is 9.97 Å². The van der Waals surface area contributed by atoms with Gasteiger partial charge in [0, 0.05) is 18.7 Å². The average Bonchev–Trinajstić information content (AvgIpc) is 2.62. The lowest BCUT2D eigenvalue weighted by molar-refractivity contribution is -0.117. The lowest BCUT2D eigenvalue weighted by atomic mass is 9.92. The van der Waals surface area contributed by atoms with Crippen molar-refractivity contribution in [2.45, 2.75) is 66.8 Å². The maximum Gasteiger partial charge on any atom is 0.227 e. The van der Waals surface area contributed by atoms with E-state index >= 15 is 0 Å². The molecule has 5 heteroatoms. The topological polar surface area (TPSA) is 59.8 Å². The SMILES string of the molecule is C.Cc1cnc2c(c1)nc(NC(=O)CC(C)(C)C)n2C1CCC1. The molecular weight excluding hydrogens is 288 g/mol. The van der Waals surface area contributed by atoms with Crippen molar-refractivity contribution < 1.29 is 4.79 Å². The Kier molecular flexibility index (Phi) is 4.78. The predicted molar refractivity (Wildman–Crippen MR) is 94.6 cm³/mol. The number of pyridine rings is 1. The van der Waals surface area contributed by atoms with Crippen LogP contribution in [-0.4, -0.2) is 20.4 Å². The second-order valence-corrected chi connectivity index (χ2v) is 7.53. The van der Waals surface area contributed by atoms with E-state index in [2.05, 4.69) is 40.6 Å². The van der Waals surface area contributed by atoms with E-state index in [4.69, 9.17) is 0 Å². The molecular formula is C18H28N4O. The minimum absolute atomic E-state index is 0. The van der Waals surface area contributed by atoms with Gasteiger partial charge in [0.05, 0.1) is 0 Å². The number of hydrogen-bond acceptors (Lipinski definition) is 3. The Morgan fingerprint density at radius 3 is 2.65 bits per heavy atom. The molecule has 2 aromatic rings. The number of carbonyl (C=O) groups is 1. The van der Waals surface area contributed by atoms with Crippen LogP contribution in [0.2, 0.25) is 0 Å². The normalized spacial score (nSPS) is 15.1. The average molecular weight is 316 g/mol. The number of aryl methyl sites for hydroxylation is 1. The number of anilines is 1. The first-order valence-corrected chi connectivity index (χ1v) is 7.98. The van der Waals surface area contributed by atoms with Gasteiger partial charge in [0.15, 0.2) is 5.65 Å². The first-order valence-electron chi connectivity index (χ1n) is 7.98. The van der Waals surface area contributed by atoms with Crippen LogP contribution in [-0.2, 0) is 4.79 Å². The molecule has 1 amide bonds. The molecule has 1 aliphatic rings. The molecule has 23 heavy (non-hydrogen) atoms. The van der Waals surface area contributed by atoms with Gasteiger partial charge in [-0.1, -0.05) is 28.2 Å². The lowest BCUT2D eigenvalue weighted by Gasteiger charge is -2.28. The Hall–Kier alpha value is -1.91. The third-order valence-electron chi connectivity index (χ3n) is 4.05. The van der Waals surface area contributed by atoms with E-state index in [0.29, 0.717) is 18.4 Å². The molecule has 1 N–H and O–H groups in total. The number of imidazole rings is 1. The molecule has 0 unspecified atom stereocenters. The molecule has 3 rings (SSSR count). The minimum Gasteiger partial charge on any atom is -0.296 e. The molecule has 0 aliphatic heterocycles. The van der Waals surface area contributed by atoms with E-state index in [1.165, 1.54) is 6.42 Å². The second kappa shape index (κ2) is 6.30. The van der Waals surface area contributed by atoms with Gasteiger partial charge in [-0.3, -0.25) is 14.7 Å². The van der Waals surface area contributed by atoms with Crippen molar-refractivity contribution in [2.75, 3.05) is 5.32 Å². The summed E-state index contributed by atoms with van der Waals surface area (Å²) in [5, 5.41) is 3.00. The number of aromatic nitrogens is 3. The highest BCUT2D eigenvalue weighted by Crippen LogP contribution is 2.36. The number of nitrogens with zero attached hydrogens (tertiary/aromatic N) is 3. The van der Waals surface area contributed by atoms with Crippen LogP contribution in [0.4, 0.5) is 5.95 Å². The highest BCUT2D eigenvalue weighted by Gasteiger charge is 2.27. The van der Waals surface area contributed by atoms with E-state index in [9.17, 15) is 4.79 Å². The first-order chi connectivity index (χ1) is 10.3. The predicted octanol–water partition coefficient (Wildman–Crippen LogP) is 4.48. The third kappa shape index (κ3) is 3.71. The van der Waals surface area contributed by atoms with Crippen LogP contribution < -0.4 is 5.32 Å². The van der Waals surface area contributed by atoms with Gasteiger partial charge in [0.25, 0.3) is 0 Å². The summed E-state index contributed by atoms with van der Waals surface area (Å²) in [4.78, 5) is 21.4. The van der Waals surface area contributed by atoms with Gasteiger partial charge in [0.2, 0.25) is 11.9 Å². The largest absolute Gasteiger partial charge is 0.296 e. The molecule has 126 valence electrons. The van der Waals surface area contributed by atoms with Gasteiger partial charge in [-0.05, 0) is 43.2 Å². The van der Waals surface area contributed by atoms with Crippen molar-refractivity contribution in [1.82, 2.24) is 14.5 Å². The molecule has 1 aliphatic carbocycles. The van der Waals surface area contributed by atoms with Crippen LogP contribution in [0.25, 0.3) is 11.2 Å². The molecule has 0 saturated heterocycles. The summed E-state index contributed by atoms with van der Waals surface area (Å²) in [6.45, 7) is 8.19. The summed E-state index contributed by atoms with van der Waals surface area (Å²) in [5.41, 5.74) is 2.78. The number of nitrogens with one attached hydrogen (secondary N) is 1. The zero-order valence-corrected chi connectivity index (χ0v) is 13.8. The summed E-state index contributed by atoms with van der Waals surface area (Å²) < 4.78 is 2.11. The van der Waals surface area contributed by atoms with Crippen LogP contribution in [0.5, 0.6) is 0 Å². The summed E-state index contributed by atoms with van der Waals surface area (Å²) in [6, 6.07) is 2.43. The highest BCUT2D eigenvalue weighted by molar-refractivity contribution is 5.91. The van der Waals surface area contributed by atoms with Crippen LogP contribution >= 0.6 is 0 Å². The number of amides is 1. The van der Waals surface area contributed by atoms with Crippen LogP contribution in [0.1, 0.15) is 65.5 Å². The maximum absolute atomic E-state index is 12.3. The van der Waals surface area contributed by atoms with Crippen LogP contribution in [0.3, 0.4) is 0 Å². The van der Waals surface area contributed by atoms with Gasteiger partial charge in [-0.15, -0.1) is 0 Å². The number of hydrogen-bond donors (Lipinski definition) is 1. The summed E-state index contributed by atoms with van der Waals surface area (Å²) in [7, 11) is 0. The zero-order valence-electron chi connectivity index (χ0n) is 13.8. The molecule has 0 spiro atoms. The van der Waals surface area contributed by atoms with Gasteiger partial charge >= 0.3 is 0 Å². The number of fused-ring (bicyclic) bond motifs is 1. The quantitative estimate of drug-likeness (QED) is 0.908. The highest BCUT2D eigenvalue weighted by atomic mass is 16.1. The lowest BCUT2D eigenvalue weighted by Crippen LogP contribution is -2.24. The van der Waals surface area contributed by atoms with Crippen LogP contribution in [0.15, 0.2) is 12.3 Å². The van der Waals surface area contributed by atoms with E-state index < -0.39 is 0 Å². The Morgan fingerprint density at radius 2 is 2.09 bits per heavy atom. The monoisotopic (exact) mass is 316 g/mol. The van der Waals surface area contributed by atoms with Crippen molar-refractivity contribution in [3.63, 3.8) is 0 Å². The van der Waals surface area contributed by atoms with Gasteiger partial charge in [-0.2, -0.15) is 0 Å². The van der Waals surface area contributed by atoms with Crippen molar-refractivity contribution >= 4 is 23.0 Å². The van der Waals surface area contributed by atoms with Crippen molar-refractivity contribution in [3.05, 3.63) is 17.8 Å². The molecule has 0 bridgehead atoms. The fourth-order valence-corrected chi connectivity index (χ4v) is 2.81. The summed E-state index contributed by atoms with van der Waals surface area (Å²) >= 11 is 0. The van der Waals surface area contributed by atoms with Crippen molar-refractivity contribution in [2.24, 2.45) is 5.41 Å². The fraction of sp³-hybridized carbons (Fsp3) is 0.611. The second-order valence-electron chi connectivity index (χ2n) is 7.53. The fourth-order valence-electron chi connectivity index (χ4n) is 2.81. The van der Waals surface area contributed by atoms with Crippen LogP contribution in [0, 0.1) is 12.3 Å². The Labute approximate surface area is 138 Å². The standard InChI is InChI=1S/C17H24N4O.CH4/c1-11-8-13-15(18-10-11)21(12-6-5-7-12)16(19-13)20-14(22)9-17(2,3)4;/h8,10,12H,5-7,9H2,1-4H3,(H,19,20,22);1H4. The molecule has 2 aromatic heterocycles. The Morgan fingerprint density at radius 1 is 1.39 bits per heavy atom. The zero-order chi connectivity index (χ0) is 15.9. The van der Waals surface area contributed by atoms with Gasteiger partial charge in [0.1, 0.15) is 5.52 Å². The first kappa shape index (κ1) is 17.4. The van der Waals surface area contributed by atoms with E-state index in [-0.39, 0.29) is 18.7 Å². The van der Waals surface area contributed by atoms with Crippen molar-refractivity contribution in [3.8, 4) is 0 Å². The molecule has 5 nitrogen and oxygen atoms in total. The molecule has 1 saturated carbocycles. The smallest absolute Gasteiger partial charge is 0.227 e. The van der Waals surface area contributed by atoms with E-state index in [1.54, 1.807) is 0 Å². The Bertz CT molecular complexity index is 708.